The van der Waals surface area contributed by atoms with Crippen molar-refractivity contribution in [1.82, 2.24) is 19.9 Å². The third-order valence-corrected chi connectivity index (χ3v) is 8.73. The molecule has 1 aromatic carbocycles. The van der Waals surface area contributed by atoms with Crippen molar-refractivity contribution in [3.8, 4) is 0 Å². The quantitative estimate of drug-likeness (QED) is 0.138. The Balaban J connectivity index is 1.09. The van der Waals surface area contributed by atoms with Crippen LogP contribution in [-0.4, -0.2) is 124 Å². The maximum Gasteiger partial charge on any atom is 0.267 e. The number of aromatic nitrogens is 3. The van der Waals surface area contributed by atoms with E-state index in [-0.39, 0.29) is 11.8 Å². The standard InChI is InChI=1S/C34H48ClN7O7S/c1-4-13-45-15-17-47-19-21-49-22-20-48-18-16-46-14-8-31(43)42-11-9-41(10-12-42)30-23-29(37-26(3)38-30)39-34-36-24-28(50-34)33(44)40-32-25(2)6-5-7-27(32)35/h5-7,23-24H,4,8-22H2,1-3H3,(H,40,44)(H,36,37,38,39). The van der Waals surface area contributed by atoms with E-state index in [9.17, 15) is 9.59 Å². The summed E-state index contributed by atoms with van der Waals surface area (Å²) in [6.07, 6.45) is 2.84. The van der Waals surface area contributed by atoms with Gasteiger partial charge in [-0.2, -0.15) is 0 Å². The molecule has 3 aromatic rings. The van der Waals surface area contributed by atoms with Crippen LogP contribution in [0.2, 0.25) is 5.02 Å². The van der Waals surface area contributed by atoms with Crippen molar-refractivity contribution in [3.63, 3.8) is 0 Å². The molecule has 4 rings (SSSR count). The van der Waals surface area contributed by atoms with Crippen LogP contribution in [0.3, 0.4) is 0 Å². The van der Waals surface area contributed by atoms with Gasteiger partial charge in [-0.05, 0) is 31.9 Å². The number of aryl methyl sites for hydroxylation is 2. The molecule has 16 heteroatoms. The number of hydrogen-bond donors (Lipinski definition) is 2. The summed E-state index contributed by atoms with van der Waals surface area (Å²) in [4.78, 5) is 43.5. The summed E-state index contributed by atoms with van der Waals surface area (Å²) in [5.74, 6) is 1.68. The summed E-state index contributed by atoms with van der Waals surface area (Å²) in [5.41, 5.74) is 1.45. The van der Waals surface area contributed by atoms with Crippen molar-refractivity contribution in [2.75, 3.05) is 108 Å². The summed E-state index contributed by atoms with van der Waals surface area (Å²) in [6.45, 7) is 13.4. The van der Waals surface area contributed by atoms with Crippen molar-refractivity contribution < 1.29 is 33.3 Å². The fraction of sp³-hybridized carbons (Fsp3) is 0.559. The minimum atomic E-state index is -0.293. The zero-order chi connectivity index (χ0) is 35.6. The molecule has 0 saturated carbocycles. The van der Waals surface area contributed by atoms with Crippen LogP contribution in [0.25, 0.3) is 0 Å². The van der Waals surface area contributed by atoms with Gasteiger partial charge in [0.1, 0.15) is 22.3 Å². The minimum absolute atomic E-state index is 0.0626. The van der Waals surface area contributed by atoms with E-state index in [1.54, 1.807) is 6.07 Å². The van der Waals surface area contributed by atoms with Gasteiger partial charge < -0.3 is 44.1 Å². The van der Waals surface area contributed by atoms with Crippen LogP contribution in [0.4, 0.5) is 22.5 Å². The minimum Gasteiger partial charge on any atom is -0.379 e. The van der Waals surface area contributed by atoms with Crippen molar-refractivity contribution in [2.45, 2.75) is 33.6 Å². The average molecular weight is 734 g/mol. The highest BCUT2D eigenvalue weighted by Crippen LogP contribution is 2.28. The second-order valence-corrected chi connectivity index (χ2v) is 12.8. The first-order valence-corrected chi connectivity index (χ1v) is 18.1. The Hall–Kier alpha value is -3.44. The summed E-state index contributed by atoms with van der Waals surface area (Å²) in [7, 11) is 0. The van der Waals surface area contributed by atoms with Gasteiger partial charge in [0.25, 0.3) is 5.91 Å². The smallest absolute Gasteiger partial charge is 0.267 e. The second-order valence-electron chi connectivity index (χ2n) is 11.4. The summed E-state index contributed by atoms with van der Waals surface area (Å²) < 4.78 is 27.4. The average Bonchev–Trinajstić information content (AvgIpc) is 3.58. The monoisotopic (exact) mass is 733 g/mol. The first kappa shape index (κ1) is 39.3. The largest absolute Gasteiger partial charge is 0.379 e. The molecule has 2 aromatic heterocycles. The van der Waals surface area contributed by atoms with Crippen molar-refractivity contribution >= 4 is 57.2 Å². The molecule has 0 atom stereocenters. The van der Waals surface area contributed by atoms with Crippen LogP contribution in [0.15, 0.2) is 30.5 Å². The molecule has 14 nitrogen and oxygen atoms in total. The first-order chi connectivity index (χ1) is 24.3. The predicted molar refractivity (Wildman–Crippen MR) is 194 cm³/mol. The Kier molecular flexibility index (Phi) is 17.1. The maximum atomic E-state index is 12.9. The number of piperazine rings is 1. The highest BCUT2D eigenvalue weighted by Gasteiger charge is 2.23. The lowest BCUT2D eigenvalue weighted by Crippen LogP contribution is -2.49. The number of carbonyl (C=O) groups is 2. The van der Waals surface area contributed by atoms with Crippen molar-refractivity contribution in [2.24, 2.45) is 0 Å². The number of nitrogens with one attached hydrogen (secondary N) is 2. The van der Waals surface area contributed by atoms with Gasteiger partial charge in [0, 0.05) is 38.9 Å². The van der Waals surface area contributed by atoms with Gasteiger partial charge >= 0.3 is 0 Å². The number of carbonyl (C=O) groups excluding carboxylic acids is 2. The van der Waals surface area contributed by atoms with E-state index in [4.69, 9.17) is 35.3 Å². The number of amides is 2. The van der Waals surface area contributed by atoms with E-state index in [1.165, 1.54) is 17.5 Å². The number of halogens is 1. The molecule has 0 spiro atoms. The topological polar surface area (TPSA) is 150 Å². The van der Waals surface area contributed by atoms with Crippen LogP contribution in [-0.2, 0) is 28.5 Å². The zero-order valence-electron chi connectivity index (χ0n) is 29.1. The molecule has 0 radical (unpaired) electrons. The molecule has 50 heavy (non-hydrogen) atoms. The predicted octanol–water partition coefficient (Wildman–Crippen LogP) is 4.73. The number of hydrogen-bond acceptors (Lipinski definition) is 13. The molecule has 2 amide bonds. The second kappa shape index (κ2) is 21.7. The van der Waals surface area contributed by atoms with Gasteiger partial charge in [0.05, 0.1) is 82.8 Å². The Morgan fingerprint density at radius 3 is 2.10 bits per heavy atom. The SMILES string of the molecule is CCCOCCOCCOCCOCCOCCC(=O)N1CCN(c2cc(Nc3ncc(C(=O)Nc4c(C)cccc4Cl)s3)nc(C)n2)CC1. The Bertz CT molecular complexity index is 1470. The molecule has 0 unspecified atom stereocenters. The molecule has 1 saturated heterocycles. The van der Waals surface area contributed by atoms with E-state index < -0.39 is 0 Å². The highest BCUT2D eigenvalue weighted by molar-refractivity contribution is 7.17. The number of rotatable bonds is 22. The van der Waals surface area contributed by atoms with E-state index in [1.807, 2.05) is 36.9 Å². The van der Waals surface area contributed by atoms with Gasteiger partial charge in [-0.25, -0.2) is 15.0 Å². The highest BCUT2D eigenvalue weighted by atomic mass is 35.5. The molecule has 2 N–H and O–H groups in total. The van der Waals surface area contributed by atoms with E-state index >= 15 is 0 Å². The van der Waals surface area contributed by atoms with E-state index in [2.05, 4.69) is 37.4 Å². The molecule has 1 fully saturated rings. The lowest BCUT2D eigenvalue weighted by Gasteiger charge is -2.35. The fourth-order valence-corrected chi connectivity index (χ4v) is 5.91. The summed E-state index contributed by atoms with van der Waals surface area (Å²) >= 11 is 7.48. The van der Waals surface area contributed by atoms with Gasteiger partial charge in [-0.1, -0.05) is 42.0 Å². The van der Waals surface area contributed by atoms with Crippen molar-refractivity contribution in [1.29, 1.82) is 0 Å². The van der Waals surface area contributed by atoms with Crippen molar-refractivity contribution in [3.05, 3.63) is 51.7 Å². The Morgan fingerprint density at radius 2 is 1.48 bits per heavy atom. The number of benzene rings is 1. The maximum absolute atomic E-state index is 12.9. The van der Waals surface area contributed by atoms with Gasteiger partial charge in [0.15, 0.2) is 5.13 Å². The molecule has 0 aliphatic carbocycles. The van der Waals surface area contributed by atoms with E-state index in [0.717, 1.165) is 24.4 Å². The Labute approximate surface area is 302 Å². The normalized spacial score (nSPS) is 13.1. The van der Waals surface area contributed by atoms with Crippen LogP contribution in [0.1, 0.15) is 40.8 Å². The van der Waals surface area contributed by atoms with Crippen LogP contribution in [0.5, 0.6) is 0 Å². The number of anilines is 4. The molecule has 1 aliphatic rings. The number of nitrogens with zero attached hydrogens (tertiary/aromatic N) is 5. The number of para-hydroxylation sites is 1. The molecular formula is C34H48ClN7O7S. The van der Waals surface area contributed by atoms with Gasteiger partial charge in [0.2, 0.25) is 5.91 Å². The fourth-order valence-electron chi connectivity index (χ4n) is 4.92. The first-order valence-electron chi connectivity index (χ1n) is 16.9. The summed E-state index contributed by atoms with van der Waals surface area (Å²) in [5, 5.41) is 7.07. The van der Waals surface area contributed by atoms with Gasteiger partial charge in [-0.15, -0.1) is 0 Å². The molecule has 274 valence electrons. The summed E-state index contributed by atoms with van der Waals surface area (Å²) in [6, 6.07) is 7.30. The van der Waals surface area contributed by atoms with Crippen LogP contribution < -0.4 is 15.5 Å². The zero-order valence-corrected chi connectivity index (χ0v) is 30.7. The number of ether oxygens (including phenoxy) is 5. The lowest BCUT2D eigenvalue weighted by atomic mass is 10.2. The molecule has 0 bridgehead atoms. The van der Waals surface area contributed by atoms with E-state index in [0.29, 0.717) is 124 Å². The molecule has 3 heterocycles. The van der Waals surface area contributed by atoms with Crippen LogP contribution in [0, 0.1) is 13.8 Å². The number of thiazole rings is 1. The van der Waals surface area contributed by atoms with Gasteiger partial charge in [-0.3, -0.25) is 9.59 Å². The Morgan fingerprint density at radius 1 is 0.860 bits per heavy atom. The molecule has 1 aliphatic heterocycles. The third kappa shape index (κ3) is 13.4. The third-order valence-electron chi connectivity index (χ3n) is 7.50. The lowest BCUT2D eigenvalue weighted by molar-refractivity contribution is -0.132. The molecular weight excluding hydrogens is 686 g/mol. The van der Waals surface area contributed by atoms with Crippen LogP contribution >= 0.6 is 22.9 Å².